The van der Waals surface area contributed by atoms with Crippen LogP contribution in [-0.4, -0.2) is 36.2 Å². The summed E-state index contributed by atoms with van der Waals surface area (Å²) in [5.41, 5.74) is 5.47. The van der Waals surface area contributed by atoms with Gasteiger partial charge in [0.1, 0.15) is 0 Å². The number of alkyl halides is 3. The van der Waals surface area contributed by atoms with Crippen molar-refractivity contribution < 1.29 is 13.2 Å². The molecule has 98 valence electrons. The summed E-state index contributed by atoms with van der Waals surface area (Å²) in [6.07, 6.45) is 1.38. The van der Waals surface area contributed by atoms with Crippen LogP contribution in [0.15, 0.2) is 11.6 Å². The minimum Gasteiger partial charge on any atom is -0.328 e. The predicted octanol–water partition coefficient (Wildman–Crippen LogP) is 2.45. The zero-order chi connectivity index (χ0) is 12.5. The van der Waals surface area contributed by atoms with Crippen LogP contribution in [0, 0.1) is 0 Å². The van der Waals surface area contributed by atoms with Gasteiger partial charge in [0.2, 0.25) is 0 Å². The summed E-state index contributed by atoms with van der Waals surface area (Å²) < 4.78 is 37.4. The predicted molar refractivity (Wildman–Crippen MR) is 60.6 cm³/mol. The Morgan fingerprint density at radius 3 is 2.29 bits per heavy atom. The molecule has 0 aromatic heterocycles. The quantitative estimate of drug-likeness (QED) is 0.722. The van der Waals surface area contributed by atoms with Crippen LogP contribution in [0.4, 0.5) is 13.2 Å². The van der Waals surface area contributed by atoms with Crippen LogP contribution in [-0.2, 0) is 0 Å². The highest BCUT2D eigenvalue weighted by Crippen LogP contribution is 2.32. The number of halogens is 3. The highest BCUT2D eigenvalue weighted by Gasteiger charge is 2.36. The van der Waals surface area contributed by atoms with E-state index in [0.717, 1.165) is 25.7 Å². The van der Waals surface area contributed by atoms with E-state index in [1.165, 1.54) is 6.08 Å². The van der Waals surface area contributed by atoms with Gasteiger partial charge in [-0.05, 0) is 32.1 Å². The van der Waals surface area contributed by atoms with Crippen molar-refractivity contribution in [1.29, 1.82) is 0 Å². The molecule has 2 nitrogen and oxygen atoms in total. The summed E-state index contributed by atoms with van der Waals surface area (Å²) in [6, 6.07) is 0.721. The van der Waals surface area contributed by atoms with E-state index in [1.807, 2.05) is 0 Å². The number of rotatable bonds is 1. The first-order valence-corrected chi connectivity index (χ1v) is 6.22. The van der Waals surface area contributed by atoms with Gasteiger partial charge in [0.25, 0.3) is 0 Å². The van der Waals surface area contributed by atoms with Crippen molar-refractivity contribution in [2.24, 2.45) is 5.73 Å². The molecular formula is C12H19F3N2. The van der Waals surface area contributed by atoms with E-state index in [9.17, 15) is 13.2 Å². The summed E-state index contributed by atoms with van der Waals surface area (Å²) in [6.45, 7) is 0.972. The third-order valence-electron chi connectivity index (χ3n) is 3.86. The van der Waals surface area contributed by atoms with Crippen LogP contribution < -0.4 is 5.73 Å². The van der Waals surface area contributed by atoms with E-state index < -0.39 is 6.18 Å². The Balaban J connectivity index is 1.88. The van der Waals surface area contributed by atoms with Crippen LogP contribution in [0.2, 0.25) is 0 Å². The molecule has 1 fully saturated rings. The average molecular weight is 248 g/mol. The van der Waals surface area contributed by atoms with Gasteiger partial charge in [-0.25, -0.2) is 0 Å². The third-order valence-corrected chi connectivity index (χ3v) is 3.86. The maximum Gasteiger partial charge on any atom is 0.412 e. The molecule has 0 spiro atoms. The lowest BCUT2D eigenvalue weighted by Crippen LogP contribution is -2.43. The van der Waals surface area contributed by atoms with Crippen LogP contribution in [0.3, 0.4) is 0 Å². The monoisotopic (exact) mass is 248 g/mol. The minimum absolute atomic E-state index is 0.131. The Labute approximate surface area is 99.6 Å². The van der Waals surface area contributed by atoms with E-state index in [2.05, 4.69) is 4.90 Å². The molecule has 0 radical (unpaired) electrons. The molecule has 0 atom stereocenters. The fraction of sp³-hybridized carbons (Fsp3) is 0.833. The second-order valence-electron chi connectivity index (χ2n) is 5.04. The summed E-state index contributed by atoms with van der Waals surface area (Å²) >= 11 is 0. The molecule has 2 aliphatic rings. The summed E-state index contributed by atoms with van der Waals surface area (Å²) in [5, 5.41) is 0. The maximum absolute atomic E-state index is 12.5. The largest absolute Gasteiger partial charge is 0.412 e. The zero-order valence-electron chi connectivity index (χ0n) is 9.84. The number of nitrogens with zero attached hydrogens (tertiary/aromatic N) is 1. The molecule has 0 amide bonds. The Kier molecular flexibility index (Phi) is 3.78. The van der Waals surface area contributed by atoms with Gasteiger partial charge in [-0.1, -0.05) is 6.08 Å². The highest BCUT2D eigenvalue weighted by atomic mass is 19.4. The van der Waals surface area contributed by atoms with Gasteiger partial charge < -0.3 is 5.73 Å². The molecule has 0 aromatic carbocycles. The van der Waals surface area contributed by atoms with Gasteiger partial charge in [0.05, 0.1) is 0 Å². The first-order chi connectivity index (χ1) is 7.97. The van der Waals surface area contributed by atoms with Crippen molar-refractivity contribution in [1.82, 2.24) is 4.90 Å². The zero-order valence-corrected chi connectivity index (χ0v) is 9.84. The smallest absolute Gasteiger partial charge is 0.328 e. The van der Waals surface area contributed by atoms with Gasteiger partial charge in [-0.2, -0.15) is 13.2 Å². The maximum atomic E-state index is 12.5. The molecule has 0 unspecified atom stereocenters. The van der Waals surface area contributed by atoms with Crippen molar-refractivity contribution in [3.05, 3.63) is 11.6 Å². The first kappa shape index (κ1) is 12.9. The fourth-order valence-corrected chi connectivity index (χ4v) is 2.74. The number of hydrogen-bond acceptors (Lipinski definition) is 2. The van der Waals surface area contributed by atoms with Gasteiger partial charge >= 0.3 is 6.18 Å². The fourth-order valence-electron chi connectivity index (χ4n) is 2.74. The SMILES string of the molecule is NC1CCC(N2CC=C(C(F)(F)F)CC2)CC1. The second-order valence-corrected chi connectivity index (χ2v) is 5.04. The molecular weight excluding hydrogens is 229 g/mol. The molecule has 0 saturated heterocycles. The van der Waals surface area contributed by atoms with Gasteiger partial charge in [-0.15, -0.1) is 0 Å². The van der Waals surface area contributed by atoms with Crippen LogP contribution in [0.25, 0.3) is 0 Å². The first-order valence-electron chi connectivity index (χ1n) is 6.22. The van der Waals surface area contributed by atoms with Crippen molar-refractivity contribution in [2.45, 2.75) is 50.4 Å². The third kappa shape index (κ3) is 3.22. The Bertz CT molecular complexity index is 291. The summed E-state index contributed by atoms with van der Waals surface area (Å²) in [7, 11) is 0. The molecule has 17 heavy (non-hydrogen) atoms. The van der Waals surface area contributed by atoms with Crippen molar-refractivity contribution >= 4 is 0 Å². The van der Waals surface area contributed by atoms with Crippen LogP contribution in [0.1, 0.15) is 32.1 Å². The molecule has 2 rings (SSSR count). The lowest BCUT2D eigenvalue weighted by Gasteiger charge is -2.37. The molecule has 1 aliphatic heterocycles. The van der Waals surface area contributed by atoms with Gasteiger partial charge in [0, 0.05) is 30.7 Å². The van der Waals surface area contributed by atoms with E-state index >= 15 is 0 Å². The molecule has 0 aromatic rings. The van der Waals surface area contributed by atoms with Gasteiger partial charge in [0.15, 0.2) is 0 Å². The lowest BCUT2D eigenvalue weighted by atomic mass is 9.90. The molecule has 2 N–H and O–H groups in total. The van der Waals surface area contributed by atoms with E-state index in [0.29, 0.717) is 19.1 Å². The summed E-state index contributed by atoms with van der Waals surface area (Å²) in [5.74, 6) is 0. The molecule has 5 heteroatoms. The molecule has 1 saturated carbocycles. The number of hydrogen-bond donors (Lipinski definition) is 1. The topological polar surface area (TPSA) is 29.3 Å². The van der Waals surface area contributed by atoms with Crippen molar-refractivity contribution in [3.63, 3.8) is 0 Å². The van der Waals surface area contributed by atoms with Crippen molar-refractivity contribution in [3.8, 4) is 0 Å². The molecule has 1 aliphatic carbocycles. The van der Waals surface area contributed by atoms with E-state index in [4.69, 9.17) is 5.73 Å². The Hall–Kier alpha value is -0.550. The minimum atomic E-state index is -4.14. The second kappa shape index (κ2) is 4.98. The highest BCUT2D eigenvalue weighted by molar-refractivity contribution is 5.13. The van der Waals surface area contributed by atoms with Crippen LogP contribution >= 0.6 is 0 Å². The normalized spacial score (nSPS) is 32.4. The number of nitrogens with two attached hydrogens (primary N) is 1. The van der Waals surface area contributed by atoms with Crippen molar-refractivity contribution in [2.75, 3.05) is 13.1 Å². The average Bonchev–Trinajstić information content (AvgIpc) is 2.29. The molecule has 0 bridgehead atoms. The van der Waals surface area contributed by atoms with Crippen LogP contribution in [0.5, 0.6) is 0 Å². The Morgan fingerprint density at radius 1 is 1.18 bits per heavy atom. The van der Waals surface area contributed by atoms with E-state index in [1.54, 1.807) is 0 Å². The van der Waals surface area contributed by atoms with Gasteiger partial charge in [-0.3, -0.25) is 4.90 Å². The lowest BCUT2D eigenvalue weighted by molar-refractivity contribution is -0.0965. The Morgan fingerprint density at radius 2 is 1.82 bits per heavy atom. The standard InChI is InChI=1S/C12H19F3N2/c13-12(14,15)9-5-7-17(8-6-9)11-3-1-10(16)2-4-11/h5,10-11H,1-4,6-8,16H2. The molecule has 1 heterocycles. The summed E-state index contributed by atoms with van der Waals surface area (Å²) in [4.78, 5) is 2.17. The van der Waals surface area contributed by atoms with E-state index in [-0.39, 0.29) is 18.0 Å².